The summed E-state index contributed by atoms with van der Waals surface area (Å²) in [5, 5.41) is 11.3. The molecule has 7 heteroatoms. The highest BCUT2D eigenvalue weighted by Gasteiger charge is 2.13. The molecule has 1 aliphatic heterocycles. The number of aryl methyl sites for hydroxylation is 1. The minimum Gasteiger partial charge on any atom is -0.481 e. The Morgan fingerprint density at radius 3 is 2.95 bits per heavy atom. The van der Waals surface area contributed by atoms with Gasteiger partial charge >= 0.3 is 5.97 Å². The van der Waals surface area contributed by atoms with Crippen LogP contribution in [0.2, 0.25) is 0 Å². The molecule has 0 aliphatic carbocycles. The lowest BCUT2D eigenvalue weighted by atomic mass is 10.1. The van der Waals surface area contributed by atoms with Gasteiger partial charge in [0.25, 0.3) is 0 Å². The van der Waals surface area contributed by atoms with E-state index < -0.39 is 5.97 Å². The Bertz CT molecular complexity index is 557. The van der Waals surface area contributed by atoms with Crippen molar-refractivity contribution in [1.29, 1.82) is 0 Å². The van der Waals surface area contributed by atoms with Gasteiger partial charge in [-0.2, -0.15) is 0 Å². The molecule has 0 aromatic carbocycles. The molecular weight excluding hydrogens is 272 g/mol. The van der Waals surface area contributed by atoms with E-state index in [1.807, 2.05) is 6.21 Å². The lowest BCUT2D eigenvalue weighted by molar-refractivity contribution is -0.137. The van der Waals surface area contributed by atoms with Crippen LogP contribution in [0.4, 0.5) is 5.69 Å². The predicted molar refractivity (Wildman–Crippen MR) is 76.7 cm³/mol. The fraction of sp³-hybridized carbons (Fsp3) is 0.500. The largest absolute Gasteiger partial charge is 0.481 e. The highest BCUT2D eigenvalue weighted by atomic mass is 16.4. The lowest BCUT2D eigenvalue weighted by Crippen LogP contribution is -2.25. The molecule has 0 saturated carbocycles. The highest BCUT2D eigenvalue weighted by Crippen LogP contribution is 2.24. The van der Waals surface area contributed by atoms with Crippen molar-refractivity contribution in [3.05, 3.63) is 17.7 Å². The average molecular weight is 290 g/mol. The van der Waals surface area contributed by atoms with Gasteiger partial charge in [0.15, 0.2) is 0 Å². The zero-order valence-corrected chi connectivity index (χ0v) is 11.7. The first kappa shape index (κ1) is 15.1. The summed E-state index contributed by atoms with van der Waals surface area (Å²) in [5.41, 5.74) is 2.61. The number of amides is 1. The monoisotopic (exact) mass is 290 g/mol. The molecule has 0 spiro atoms. The molecule has 0 atom stereocenters. The molecule has 2 N–H and O–H groups in total. The molecule has 1 aromatic heterocycles. The maximum Gasteiger partial charge on any atom is 0.303 e. The Balaban J connectivity index is 1.78. The van der Waals surface area contributed by atoms with Gasteiger partial charge in [-0.3, -0.25) is 14.6 Å². The first-order chi connectivity index (χ1) is 10.2. The smallest absolute Gasteiger partial charge is 0.303 e. The van der Waals surface area contributed by atoms with Crippen molar-refractivity contribution < 1.29 is 14.7 Å². The van der Waals surface area contributed by atoms with Gasteiger partial charge in [-0.15, -0.1) is 0 Å². The number of rotatable bonds is 7. The Kier molecular flexibility index (Phi) is 5.36. The van der Waals surface area contributed by atoms with Crippen molar-refractivity contribution in [2.24, 2.45) is 4.99 Å². The van der Waals surface area contributed by atoms with Crippen molar-refractivity contribution in [2.45, 2.75) is 38.5 Å². The Morgan fingerprint density at radius 1 is 1.29 bits per heavy atom. The molecule has 0 radical (unpaired) electrons. The fourth-order valence-electron chi connectivity index (χ4n) is 2.14. The van der Waals surface area contributed by atoms with E-state index in [9.17, 15) is 9.59 Å². The van der Waals surface area contributed by atoms with E-state index in [4.69, 9.17) is 5.11 Å². The van der Waals surface area contributed by atoms with Crippen LogP contribution in [0.25, 0.3) is 0 Å². The van der Waals surface area contributed by atoms with Gasteiger partial charge in [-0.25, -0.2) is 9.97 Å². The van der Waals surface area contributed by atoms with Gasteiger partial charge in [0, 0.05) is 32.0 Å². The molecule has 0 fully saturated rings. The van der Waals surface area contributed by atoms with E-state index >= 15 is 0 Å². The molecule has 21 heavy (non-hydrogen) atoms. The highest BCUT2D eigenvalue weighted by molar-refractivity contribution is 5.76. The number of carboxylic acid groups (broad SMARTS) is 1. The van der Waals surface area contributed by atoms with E-state index in [0.29, 0.717) is 19.4 Å². The third-order valence-corrected chi connectivity index (χ3v) is 3.18. The summed E-state index contributed by atoms with van der Waals surface area (Å²) in [4.78, 5) is 34.7. The number of carbonyl (C=O) groups excluding carboxylic acids is 1. The molecule has 7 nitrogen and oxygen atoms in total. The molecule has 1 aromatic rings. The van der Waals surface area contributed by atoms with Gasteiger partial charge in [0.05, 0.1) is 11.4 Å². The zero-order valence-electron chi connectivity index (χ0n) is 11.7. The molecule has 1 amide bonds. The number of hydrogen-bond donors (Lipinski definition) is 2. The normalized spacial score (nSPS) is 12.8. The summed E-state index contributed by atoms with van der Waals surface area (Å²) in [7, 11) is 0. The van der Waals surface area contributed by atoms with Crippen molar-refractivity contribution in [1.82, 2.24) is 15.3 Å². The third kappa shape index (κ3) is 4.62. The van der Waals surface area contributed by atoms with Crippen LogP contribution in [0.3, 0.4) is 0 Å². The summed E-state index contributed by atoms with van der Waals surface area (Å²) < 4.78 is 0. The number of nitrogens with zero attached hydrogens (tertiary/aromatic N) is 3. The van der Waals surface area contributed by atoms with Gasteiger partial charge in [0.1, 0.15) is 12.0 Å². The van der Waals surface area contributed by atoms with Crippen LogP contribution in [0.15, 0.2) is 11.3 Å². The summed E-state index contributed by atoms with van der Waals surface area (Å²) in [6.07, 6.45) is 6.35. The topological polar surface area (TPSA) is 105 Å². The minimum atomic E-state index is -0.881. The lowest BCUT2D eigenvalue weighted by Gasteiger charge is -2.12. The second-order valence-electron chi connectivity index (χ2n) is 4.81. The quantitative estimate of drug-likeness (QED) is 0.780. The number of fused-ring (bicyclic) bond motifs is 1. The van der Waals surface area contributed by atoms with Gasteiger partial charge < -0.3 is 10.4 Å². The Morgan fingerprint density at radius 2 is 2.14 bits per heavy atom. The van der Waals surface area contributed by atoms with Crippen LogP contribution < -0.4 is 5.32 Å². The number of carboxylic acids is 1. The molecule has 0 saturated heterocycles. The van der Waals surface area contributed by atoms with Gasteiger partial charge in [0.2, 0.25) is 5.91 Å². The zero-order chi connectivity index (χ0) is 15.1. The number of carbonyl (C=O) groups is 2. The second kappa shape index (κ2) is 7.47. The first-order valence-electron chi connectivity index (χ1n) is 7.00. The molecule has 1 aliphatic rings. The van der Waals surface area contributed by atoms with E-state index in [-0.39, 0.29) is 18.7 Å². The molecular formula is C14H18N4O3. The molecule has 112 valence electrons. The predicted octanol–water partition coefficient (Wildman–Crippen LogP) is 1.04. The second-order valence-corrected chi connectivity index (χ2v) is 4.81. The van der Waals surface area contributed by atoms with E-state index in [2.05, 4.69) is 20.3 Å². The van der Waals surface area contributed by atoms with Crippen LogP contribution in [0.1, 0.15) is 37.1 Å². The minimum absolute atomic E-state index is 0.0154. The van der Waals surface area contributed by atoms with Crippen LogP contribution in [-0.2, 0) is 22.4 Å². The van der Waals surface area contributed by atoms with Crippen LogP contribution >= 0.6 is 0 Å². The first-order valence-corrected chi connectivity index (χ1v) is 7.00. The summed E-state index contributed by atoms with van der Waals surface area (Å²) in [6, 6.07) is 0. The molecule has 0 bridgehead atoms. The van der Waals surface area contributed by atoms with Gasteiger partial charge in [-0.05, 0) is 19.3 Å². The van der Waals surface area contributed by atoms with Crippen molar-refractivity contribution in [2.75, 3.05) is 6.54 Å². The maximum atomic E-state index is 11.5. The SMILES string of the molecule is O=C(O)CCCC(=O)NCCc1ncnc2c1N=CCC2. The Hall–Kier alpha value is -2.31. The number of aliphatic imine (C=N–C) groups is 1. The molecule has 0 unspecified atom stereocenters. The average Bonchev–Trinajstić information content (AvgIpc) is 2.47. The summed E-state index contributed by atoms with van der Waals surface area (Å²) >= 11 is 0. The van der Waals surface area contributed by atoms with Gasteiger partial charge in [-0.1, -0.05) is 0 Å². The summed E-state index contributed by atoms with van der Waals surface area (Å²) in [5.74, 6) is -1.02. The standard InChI is InChI=1S/C14H18N4O3/c19-12(4-1-5-13(20)21)15-8-6-11-14-10(17-9-18-11)3-2-7-16-14/h7,9H,1-6,8H2,(H,15,19)(H,20,21). The van der Waals surface area contributed by atoms with Crippen LogP contribution in [0.5, 0.6) is 0 Å². The van der Waals surface area contributed by atoms with Crippen molar-refractivity contribution >= 4 is 23.8 Å². The number of aliphatic carboxylic acids is 1. The number of hydrogen-bond acceptors (Lipinski definition) is 5. The van der Waals surface area contributed by atoms with E-state index in [1.165, 1.54) is 6.33 Å². The number of nitrogens with one attached hydrogen (secondary N) is 1. The van der Waals surface area contributed by atoms with Crippen molar-refractivity contribution in [3.63, 3.8) is 0 Å². The molecule has 2 rings (SSSR count). The van der Waals surface area contributed by atoms with E-state index in [1.54, 1.807) is 0 Å². The van der Waals surface area contributed by atoms with E-state index in [0.717, 1.165) is 29.9 Å². The van der Waals surface area contributed by atoms with Crippen LogP contribution in [0, 0.1) is 0 Å². The maximum absolute atomic E-state index is 11.5. The summed E-state index contributed by atoms with van der Waals surface area (Å²) in [6.45, 7) is 0.463. The third-order valence-electron chi connectivity index (χ3n) is 3.18. The Labute approximate surface area is 122 Å². The molecule has 2 heterocycles. The van der Waals surface area contributed by atoms with Crippen LogP contribution in [-0.4, -0.2) is 39.7 Å². The fourth-order valence-corrected chi connectivity index (χ4v) is 2.14. The van der Waals surface area contributed by atoms with Crippen molar-refractivity contribution in [3.8, 4) is 0 Å². The number of aromatic nitrogens is 2.